The van der Waals surface area contributed by atoms with E-state index in [1.54, 1.807) is 0 Å². The third-order valence-electron chi connectivity index (χ3n) is 3.96. The van der Waals surface area contributed by atoms with Crippen LogP contribution in [-0.2, 0) is 30.4 Å². The highest BCUT2D eigenvalue weighted by Crippen LogP contribution is 1.99. The fourth-order valence-electron chi connectivity index (χ4n) is 2.31. The Labute approximate surface area is 181 Å². The summed E-state index contributed by atoms with van der Waals surface area (Å²) in [6.45, 7) is -0.913. The molecule has 1 heterocycles. The van der Waals surface area contributed by atoms with Crippen LogP contribution in [0.3, 0.4) is 0 Å². The molecular weight excluding hydrogens is 436 g/mol. The number of nitrogens with one attached hydrogen (secondary N) is 4. The Kier molecular flexibility index (Phi) is 10.4. The molecule has 15 heteroatoms. The number of carboxylic acids is 2. The van der Waals surface area contributed by atoms with Crippen LogP contribution in [0.2, 0.25) is 0 Å². The number of carboxylic acid groups (broad SMARTS) is 2. The highest BCUT2D eigenvalue weighted by molar-refractivity contribution is 7.80. The molecule has 0 saturated carbocycles. The van der Waals surface area contributed by atoms with Crippen LogP contribution in [0, 0.1) is 0 Å². The van der Waals surface area contributed by atoms with Crippen molar-refractivity contribution in [3.05, 3.63) is 18.2 Å². The van der Waals surface area contributed by atoms with Crippen LogP contribution in [0.25, 0.3) is 0 Å². The van der Waals surface area contributed by atoms with E-state index in [4.69, 9.17) is 15.9 Å². The lowest BCUT2D eigenvalue weighted by Gasteiger charge is -2.23. The molecule has 0 aliphatic rings. The number of nitrogens with zero attached hydrogens (tertiary/aromatic N) is 1. The van der Waals surface area contributed by atoms with Crippen LogP contribution >= 0.6 is 12.6 Å². The number of amides is 3. The zero-order chi connectivity index (χ0) is 23.6. The van der Waals surface area contributed by atoms with Crippen LogP contribution < -0.4 is 21.7 Å². The quantitative estimate of drug-likeness (QED) is 0.130. The van der Waals surface area contributed by atoms with Gasteiger partial charge in [-0.05, 0) is 0 Å². The van der Waals surface area contributed by atoms with E-state index in [0.29, 0.717) is 5.69 Å². The maximum atomic E-state index is 12.4. The average molecular weight is 460 g/mol. The Bertz CT molecular complexity index is 789. The van der Waals surface area contributed by atoms with E-state index in [1.165, 1.54) is 12.5 Å². The van der Waals surface area contributed by atoms with E-state index in [-0.39, 0.29) is 12.2 Å². The number of rotatable bonds is 13. The average Bonchev–Trinajstić information content (AvgIpc) is 3.21. The molecule has 9 N–H and O–H groups in total. The molecule has 1 aromatic rings. The second-order valence-corrected chi connectivity index (χ2v) is 6.74. The number of carbonyl (C=O) groups is 5. The number of aromatic nitrogens is 2. The Morgan fingerprint density at radius 2 is 1.61 bits per heavy atom. The van der Waals surface area contributed by atoms with Gasteiger partial charge in [0.1, 0.15) is 18.1 Å². The molecule has 14 nitrogen and oxygen atoms in total. The van der Waals surface area contributed by atoms with E-state index >= 15 is 0 Å². The maximum Gasteiger partial charge on any atom is 0.326 e. The van der Waals surface area contributed by atoms with Gasteiger partial charge in [0, 0.05) is 24.1 Å². The molecule has 4 atom stereocenters. The SMILES string of the molecule is NC(Cc1cnc[nH]1)C(=O)NC(CS)C(=O)NC(CO)C(=O)NC(CC(=O)O)C(=O)O. The summed E-state index contributed by atoms with van der Waals surface area (Å²) in [5.74, 6) is -5.94. The first kappa shape index (κ1) is 25.9. The second-order valence-electron chi connectivity index (χ2n) is 6.37. The van der Waals surface area contributed by atoms with Crippen molar-refractivity contribution < 1.29 is 39.3 Å². The van der Waals surface area contributed by atoms with Crippen molar-refractivity contribution in [2.45, 2.75) is 37.0 Å². The summed E-state index contributed by atoms with van der Waals surface area (Å²) in [6.07, 6.45) is 2.11. The van der Waals surface area contributed by atoms with Crippen LogP contribution in [0.5, 0.6) is 0 Å². The summed E-state index contributed by atoms with van der Waals surface area (Å²) in [7, 11) is 0. The van der Waals surface area contributed by atoms with Crippen LogP contribution in [0.15, 0.2) is 12.5 Å². The number of carbonyl (C=O) groups excluding carboxylic acids is 3. The number of nitrogens with two attached hydrogens (primary N) is 1. The molecule has 4 unspecified atom stereocenters. The molecule has 3 amide bonds. The zero-order valence-electron chi connectivity index (χ0n) is 16.1. The minimum Gasteiger partial charge on any atom is -0.481 e. The van der Waals surface area contributed by atoms with Crippen molar-refractivity contribution in [1.82, 2.24) is 25.9 Å². The van der Waals surface area contributed by atoms with Gasteiger partial charge < -0.3 is 42.0 Å². The minimum atomic E-state index is -1.77. The molecule has 0 aliphatic heterocycles. The molecule has 0 radical (unpaired) electrons. The minimum absolute atomic E-state index is 0.120. The van der Waals surface area contributed by atoms with Gasteiger partial charge in [0.05, 0.1) is 25.4 Å². The Balaban J connectivity index is 2.70. The van der Waals surface area contributed by atoms with Gasteiger partial charge in [-0.3, -0.25) is 19.2 Å². The molecule has 0 bridgehead atoms. The van der Waals surface area contributed by atoms with Crippen LogP contribution in [0.4, 0.5) is 0 Å². The first-order valence-electron chi connectivity index (χ1n) is 8.89. The fourth-order valence-corrected chi connectivity index (χ4v) is 2.57. The molecule has 1 aromatic heterocycles. The lowest BCUT2D eigenvalue weighted by atomic mass is 10.1. The van der Waals surface area contributed by atoms with Gasteiger partial charge in [0.25, 0.3) is 0 Å². The number of aromatic amines is 1. The summed E-state index contributed by atoms with van der Waals surface area (Å²) < 4.78 is 0. The molecule has 0 saturated heterocycles. The Morgan fingerprint density at radius 3 is 2.10 bits per heavy atom. The van der Waals surface area contributed by atoms with Gasteiger partial charge >= 0.3 is 11.9 Å². The Morgan fingerprint density at radius 1 is 1.03 bits per heavy atom. The molecule has 0 aromatic carbocycles. The van der Waals surface area contributed by atoms with E-state index in [9.17, 15) is 29.1 Å². The number of H-pyrrole nitrogens is 1. The van der Waals surface area contributed by atoms with Crippen molar-refractivity contribution in [2.24, 2.45) is 5.73 Å². The van der Waals surface area contributed by atoms with E-state index in [2.05, 4.69) is 33.2 Å². The molecule has 172 valence electrons. The first-order valence-corrected chi connectivity index (χ1v) is 9.52. The number of hydrogen-bond donors (Lipinski definition) is 9. The molecule has 0 aliphatic carbocycles. The lowest BCUT2D eigenvalue weighted by molar-refractivity contribution is -0.147. The van der Waals surface area contributed by atoms with Crippen molar-refractivity contribution in [2.75, 3.05) is 12.4 Å². The summed E-state index contributed by atoms with van der Waals surface area (Å²) in [4.78, 5) is 65.1. The molecule has 0 fully saturated rings. The van der Waals surface area contributed by atoms with Crippen molar-refractivity contribution in [3.8, 4) is 0 Å². The second kappa shape index (κ2) is 12.5. The van der Waals surface area contributed by atoms with E-state index in [1.807, 2.05) is 5.32 Å². The number of thiol groups is 1. The highest BCUT2D eigenvalue weighted by atomic mass is 32.1. The summed E-state index contributed by atoms with van der Waals surface area (Å²) in [5.41, 5.74) is 6.38. The van der Waals surface area contributed by atoms with Gasteiger partial charge in [-0.25, -0.2) is 9.78 Å². The van der Waals surface area contributed by atoms with E-state index < -0.39 is 66.9 Å². The number of aliphatic hydroxyl groups excluding tert-OH is 1. The lowest BCUT2D eigenvalue weighted by Crippen LogP contribution is -2.58. The maximum absolute atomic E-state index is 12.4. The van der Waals surface area contributed by atoms with Crippen LogP contribution in [0.1, 0.15) is 12.1 Å². The van der Waals surface area contributed by atoms with Crippen molar-refractivity contribution >= 4 is 42.3 Å². The first-order chi connectivity index (χ1) is 14.6. The van der Waals surface area contributed by atoms with Gasteiger partial charge in [-0.2, -0.15) is 12.6 Å². The third-order valence-corrected chi connectivity index (χ3v) is 4.32. The molecular formula is C16H24N6O8S. The molecule has 31 heavy (non-hydrogen) atoms. The predicted molar refractivity (Wildman–Crippen MR) is 107 cm³/mol. The van der Waals surface area contributed by atoms with Crippen LogP contribution in [-0.4, -0.2) is 91.5 Å². The van der Waals surface area contributed by atoms with Gasteiger partial charge in [-0.1, -0.05) is 0 Å². The smallest absolute Gasteiger partial charge is 0.326 e. The highest BCUT2D eigenvalue weighted by Gasteiger charge is 2.30. The van der Waals surface area contributed by atoms with Gasteiger partial charge in [0.2, 0.25) is 17.7 Å². The summed E-state index contributed by atoms with van der Waals surface area (Å²) in [5, 5.41) is 33.5. The van der Waals surface area contributed by atoms with E-state index in [0.717, 1.165) is 0 Å². The largest absolute Gasteiger partial charge is 0.481 e. The summed E-state index contributed by atoms with van der Waals surface area (Å²) in [6, 6.07) is -5.60. The molecule has 0 spiro atoms. The zero-order valence-corrected chi connectivity index (χ0v) is 17.0. The normalized spacial score (nSPS) is 14.5. The van der Waals surface area contributed by atoms with Gasteiger partial charge in [0.15, 0.2) is 0 Å². The number of hydrogen-bond acceptors (Lipinski definition) is 9. The Hall–Kier alpha value is -3.17. The fraction of sp³-hybridized carbons (Fsp3) is 0.500. The van der Waals surface area contributed by atoms with Gasteiger partial charge in [-0.15, -0.1) is 0 Å². The topological polar surface area (TPSA) is 237 Å². The number of aliphatic carboxylic acids is 2. The monoisotopic (exact) mass is 460 g/mol. The standard InChI is InChI=1S/C16H24N6O8S/c17-8(1-7-3-18-6-19-7)13(26)22-11(5-31)15(28)21-10(4-23)14(27)20-9(16(29)30)2-12(24)25/h3,6,8-11,23,31H,1-2,4-5,17H2,(H,18,19)(H,20,27)(H,21,28)(H,22,26)(H,24,25)(H,29,30). The number of imidazole rings is 1. The summed E-state index contributed by atoms with van der Waals surface area (Å²) >= 11 is 3.97. The number of aliphatic hydroxyl groups is 1. The van der Waals surface area contributed by atoms with Crippen molar-refractivity contribution in [1.29, 1.82) is 0 Å². The van der Waals surface area contributed by atoms with Crippen molar-refractivity contribution in [3.63, 3.8) is 0 Å². The molecule has 1 rings (SSSR count). The third kappa shape index (κ3) is 8.61. The predicted octanol–water partition coefficient (Wildman–Crippen LogP) is -3.78.